The fraction of sp³-hybridized carbons (Fsp3) is 0.267. The Labute approximate surface area is 131 Å². The molecule has 0 N–H and O–H groups in total. The third-order valence-electron chi connectivity index (χ3n) is 3.68. The smallest absolute Gasteiger partial charge is 0.255 e. The number of thiazole rings is 1. The van der Waals surface area contributed by atoms with Crippen molar-refractivity contribution in [2.45, 2.75) is 19.4 Å². The lowest BCUT2D eigenvalue weighted by molar-refractivity contribution is 0.0759. The van der Waals surface area contributed by atoms with Gasteiger partial charge in [0.1, 0.15) is 6.04 Å². The van der Waals surface area contributed by atoms with Gasteiger partial charge < -0.3 is 4.90 Å². The fourth-order valence-electron chi connectivity index (χ4n) is 2.61. The summed E-state index contributed by atoms with van der Waals surface area (Å²) in [7, 11) is 0. The van der Waals surface area contributed by atoms with E-state index in [1.807, 2.05) is 12.3 Å². The molecule has 0 saturated heterocycles. The fourth-order valence-corrected chi connectivity index (χ4v) is 3.38. The van der Waals surface area contributed by atoms with E-state index < -0.39 is 6.04 Å². The second-order valence-electron chi connectivity index (χ2n) is 4.84. The van der Waals surface area contributed by atoms with E-state index in [1.54, 1.807) is 34.6 Å². The van der Waals surface area contributed by atoms with Crippen molar-refractivity contribution in [3.63, 3.8) is 0 Å². The van der Waals surface area contributed by atoms with E-state index in [2.05, 4.69) is 11.1 Å². The van der Waals surface area contributed by atoms with Gasteiger partial charge in [-0.1, -0.05) is 17.7 Å². The Morgan fingerprint density at radius 2 is 2.33 bits per heavy atom. The van der Waals surface area contributed by atoms with Crippen LogP contribution < -0.4 is 0 Å². The van der Waals surface area contributed by atoms with Crippen molar-refractivity contribution in [1.82, 2.24) is 9.88 Å². The molecule has 2 aromatic rings. The normalized spacial score (nSPS) is 16.9. The molecule has 21 heavy (non-hydrogen) atoms. The molecule has 0 spiro atoms. The molecule has 0 fully saturated rings. The summed E-state index contributed by atoms with van der Waals surface area (Å²) in [6.45, 7) is 2.30. The molecule has 6 heteroatoms. The SMILES string of the molecule is Cc1c(Cl)ccc2c1C(=O)N(CCc1nccs1)C2C#N. The van der Waals surface area contributed by atoms with Crippen molar-refractivity contribution in [3.8, 4) is 6.07 Å². The van der Waals surface area contributed by atoms with Crippen LogP contribution in [0.4, 0.5) is 0 Å². The highest BCUT2D eigenvalue weighted by molar-refractivity contribution is 7.09. The summed E-state index contributed by atoms with van der Waals surface area (Å²) < 4.78 is 0. The topological polar surface area (TPSA) is 57.0 Å². The third kappa shape index (κ3) is 2.31. The van der Waals surface area contributed by atoms with Crippen molar-refractivity contribution in [2.75, 3.05) is 6.54 Å². The van der Waals surface area contributed by atoms with E-state index in [0.29, 0.717) is 23.6 Å². The van der Waals surface area contributed by atoms with Gasteiger partial charge >= 0.3 is 0 Å². The largest absolute Gasteiger partial charge is 0.318 e. The van der Waals surface area contributed by atoms with Crippen LogP contribution in [-0.2, 0) is 6.42 Å². The van der Waals surface area contributed by atoms with Gasteiger partial charge in [-0.3, -0.25) is 4.79 Å². The molecule has 1 aliphatic heterocycles. The summed E-state index contributed by atoms with van der Waals surface area (Å²) in [6, 6.07) is 5.21. The van der Waals surface area contributed by atoms with Gasteiger partial charge in [-0.05, 0) is 18.6 Å². The van der Waals surface area contributed by atoms with Crippen molar-refractivity contribution in [2.24, 2.45) is 0 Å². The summed E-state index contributed by atoms with van der Waals surface area (Å²) in [6.07, 6.45) is 2.40. The molecule has 1 atom stereocenters. The number of hydrogen-bond acceptors (Lipinski definition) is 4. The van der Waals surface area contributed by atoms with Crippen LogP contribution >= 0.6 is 22.9 Å². The van der Waals surface area contributed by atoms with Crippen LogP contribution in [0.25, 0.3) is 0 Å². The van der Waals surface area contributed by atoms with Crippen molar-refractivity contribution in [3.05, 3.63) is 50.4 Å². The zero-order valence-electron chi connectivity index (χ0n) is 11.3. The minimum absolute atomic E-state index is 0.117. The Balaban J connectivity index is 1.92. The lowest BCUT2D eigenvalue weighted by Gasteiger charge is -2.19. The minimum Gasteiger partial charge on any atom is -0.318 e. The molecule has 106 valence electrons. The van der Waals surface area contributed by atoms with Gasteiger partial charge in [0.25, 0.3) is 5.91 Å². The van der Waals surface area contributed by atoms with Crippen LogP contribution in [0.2, 0.25) is 5.02 Å². The van der Waals surface area contributed by atoms with Crippen LogP contribution in [-0.4, -0.2) is 22.3 Å². The van der Waals surface area contributed by atoms with Crippen molar-refractivity contribution >= 4 is 28.8 Å². The number of amides is 1. The van der Waals surface area contributed by atoms with E-state index >= 15 is 0 Å². The van der Waals surface area contributed by atoms with Gasteiger partial charge in [-0.25, -0.2) is 4.98 Å². The Kier molecular flexibility index (Phi) is 3.66. The quantitative estimate of drug-likeness (QED) is 0.872. The average Bonchev–Trinajstić information content (AvgIpc) is 3.07. The standard InChI is InChI=1S/C15H12ClN3OS/c1-9-11(16)3-2-10-12(8-17)19(15(20)14(9)10)6-4-13-18-5-7-21-13/h2-3,5,7,12H,4,6H2,1H3. The van der Waals surface area contributed by atoms with Crippen LogP contribution in [0.5, 0.6) is 0 Å². The number of hydrogen-bond donors (Lipinski definition) is 0. The minimum atomic E-state index is -0.538. The molecular formula is C15H12ClN3OS. The predicted octanol–water partition coefficient (Wildman–Crippen LogP) is 3.37. The van der Waals surface area contributed by atoms with E-state index in [9.17, 15) is 10.1 Å². The first-order valence-corrected chi connectivity index (χ1v) is 7.77. The number of nitriles is 1. The summed E-state index contributed by atoms with van der Waals surface area (Å²) in [4.78, 5) is 18.4. The van der Waals surface area contributed by atoms with Gasteiger partial charge in [0.15, 0.2) is 0 Å². The summed E-state index contributed by atoms with van der Waals surface area (Å²) in [5.41, 5.74) is 2.08. The number of benzene rings is 1. The van der Waals surface area contributed by atoms with Gasteiger partial charge in [-0.15, -0.1) is 11.3 Å². The Bertz CT molecular complexity index is 736. The second-order valence-corrected chi connectivity index (χ2v) is 6.23. The number of carbonyl (C=O) groups is 1. The molecule has 1 aromatic carbocycles. The van der Waals surface area contributed by atoms with E-state index in [-0.39, 0.29) is 5.91 Å². The molecule has 3 rings (SSSR count). The highest BCUT2D eigenvalue weighted by Gasteiger charge is 2.38. The molecule has 1 unspecified atom stereocenters. The number of nitrogens with zero attached hydrogens (tertiary/aromatic N) is 3. The highest BCUT2D eigenvalue weighted by Crippen LogP contribution is 2.37. The van der Waals surface area contributed by atoms with E-state index in [0.717, 1.165) is 16.1 Å². The Hall–Kier alpha value is -1.90. The second kappa shape index (κ2) is 5.47. The Morgan fingerprint density at radius 3 is 3.00 bits per heavy atom. The van der Waals surface area contributed by atoms with Gasteiger partial charge in [0, 0.05) is 35.1 Å². The van der Waals surface area contributed by atoms with Crippen LogP contribution in [0.1, 0.15) is 32.5 Å². The third-order valence-corrected chi connectivity index (χ3v) is 4.93. The maximum Gasteiger partial charge on any atom is 0.255 e. The summed E-state index contributed by atoms with van der Waals surface area (Å²) in [5, 5.41) is 12.9. The lowest BCUT2D eigenvalue weighted by Crippen LogP contribution is -2.29. The number of halogens is 1. The number of aromatic nitrogens is 1. The van der Waals surface area contributed by atoms with Crippen LogP contribution in [0.3, 0.4) is 0 Å². The zero-order chi connectivity index (χ0) is 15.0. The highest BCUT2D eigenvalue weighted by atomic mass is 35.5. The van der Waals surface area contributed by atoms with Gasteiger partial charge in [0.05, 0.1) is 16.6 Å². The molecule has 1 aromatic heterocycles. The molecule has 0 aliphatic carbocycles. The molecule has 4 nitrogen and oxygen atoms in total. The number of carbonyl (C=O) groups excluding carboxylic acids is 1. The molecule has 0 bridgehead atoms. The van der Waals surface area contributed by atoms with Crippen LogP contribution in [0.15, 0.2) is 23.7 Å². The Morgan fingerprint density at radius 1 is 1.52 bits per heavy atom. The molecule has 1 aliphatic rings. The molecule has 0 radical (unpaired) electrons. The molecule has 0 saturated carbocycles. The first-order chi connectivity index (χ1) is 10.1. The average molecular weight is 318 g/mol. The summed E-state index contributed by atoms with van der Waals surface area (Å²) in [5.74, 6) is -0.117. The number of rotatable bonds is 3. The first-order valence-electron chi connectivity index (χ1n) is 6.51. The van der Waals surface area contributed by atoms with Crippen LogP contribution in [0, 0.1) is 18.3 Å². The maximum atomic E-state index is 12.6. The van der Waals surface area contributed by atoms with Crippen molar-refractivity contribution in [1.29, 1.82) is 5.26 Å². The molecule has 2 heterocycles. The summed E-state index contributed by atoms with van der Waals surface area (Å²) >= 11 is 7.65. The van der Waals surface area contributed by atoms with Gasteiger partial charge in [-0.2, -0.15) is 5.26 Å². The van der Waals surface area contributed by atoms with E-state index in [4.69, 9.17) is 11.6 Å². The first kappa shape index (κ1) is 14.1. The monoisotopic (exact) mass is 317 g/mol. The van der Waals surface area contributed by atoms with E-state index in [1.165, 1.54) is 0 Å². The number of fused-ring (bicyclic) bond motifs is 1. The van der Waals surface area contributed by atoms with Crippen molar-refractivity contribution < 1.29 is 4.79 Å². The predicted molar refractivity (Wildman–Crippen MR) is 81.4 cm³/mol. The lowest BCUT2D eigenvalue weighted by atomic mass is 10.0. The molecular weight excluding hydrogens is 306 g/mol. The maximum absolute atomic E-state index is 12.6. The van der Waals surface area contributed by atoms with Gasteiger partial charge in [0.2, 0.25) is 0 Å². The zero-order valence-corrected chi connectivity index (χ0v) is 12.9. The molecule has 1 amide bonds.